The van der Waals surface area contributed by atoms with E-state index in [1.807, 2.05) is 25.7 Å². The molecule has 1 aliphatic rings. The molecule has 94 valence electrons. The van der Waals surface area contributed by atoms with E-state index in [0.29, 0.717) is 5.89 Å². The molecule has 0 radical (unpaired) electrons. The number of aromatic nitrogens is 2. The Labute approximate surface area is 110 Å². The quantitative estimate of drug-likeness (QED) is 0.920. The molecule has 0 amide bonds. The first-order valence-electron chi connectivity index (χ1n) is 6.02. The normalized spacial score (nSPS) is 19.8. The largest absolute Gasteiger partial charge is 0.423 e. The average molecular weight is 261 g/mol. The van der Waals surface area contributed by atoms with Crippen molar-refractivity contribution in [2.45, 2.75) is 23.8 Å². The number of nitrogens with zero attached hydrogens (tertiary/aromatic N) is 2. The van der Waals surface area contributed by atoms with E-state index in [4.69, 9.17) is 4.42 Å². The van der Waals surface area contributed by atoms with E-state index in [-0.39, 0.29) is 12.0 Å². The Morgan fingerprint density at radius 3 is 3.06 bits per heavy atom. The molecule has 5 heteroatoms. The highest BCUT2D eigenvalue weighted by Gasteiger charge is 2.29. The molecule has 1 aliphatic heterocycles. The van der Waals surface area contributed by atoms with Crippen molar-refractivity contribution in [3.63, 3.8) is 0 Å². The van der Waals surface area contributed by atoms with Crippen molar-refractivity contribution in [2.75, 3.05) is 12.8 Å². The predicted molar refractivity (Wildman–Crippen MR) is 70.8 cm³/mol. The van der Waals surface area contributed by atoms with E-state index in [2.05, 4.69) is 39.8 Å². The third-order valence-electron chi connectivity index (χ3n) is 3.26. The molecule has 3 rings (SSSR count). The van der Waals surface area contributed by atoms with Crippen molar-refractivity contribution < 1.29 is 4.42 Å². The maximum Gasteiger partial charge on any atom is 0.233 e. The van der Waals surface area contributed by atoms with Gasteiger partial charge in [0.15, 0.2) is 0 Å². The lowest BCUT2D eigenvalue weighted by Crippen LogP contribution is -2.12. The van der Waals surface area contributed by atoms with Gasteiger partial charge in [0.05, 0.1) is 12.0 Å². The summed E-state index contributed by atoms with van der Waals surface area (Å²) in [5.74, 6) is 2.59. The first kappa shape index (κ1) is 11.7. The lowest BCUT2D eigenvalue weighted by atomic mass is 10.0. The van der Waals surface area contributed by atoms with Crippen LogP contribution in [-0.2, 0) is 0 Å². The summed E-state index contributed by atoms with van der Waals surface area (Å²) in [7, 11) is 1.88. The average Bonchev–Trinajstić information content (AvgIpc) is 3.03. The molecule has 2 atom stereocenters. The fraction of sp³-hybridized carbons (Fsp3) is 0.385. The highest BCUT2D eigenvalue weighted by molar-refractivity contribution is 7.99. The van der Waals surface area contributed by atoms with Crippen molar-refractivity contribution in [2.24, 2.45) is 0 Å². The SMILES string of the molecule is CNC(C)c1nnc(C2CSc3ccccc32)o1. The van der Waals surface area contributed by atoms with Crippen LogP contribution in [0.2, 0.25) is 0 Å². The summed E-state index contributed by atoms with van der Waals surface area (Å²) in [5.41, 5.74) is 1.30. The molecule has 1 N–H and O–H groups in total. The van der Waals surface area contributed by atoms with Gasteiger partial charge in [-0.05, 0) is 25.6 Å². The van der Waals surface area contributed by atoms with Crippen LogP contribution in [0.15, 0.2) is 33.6 Å². The predicted octanol–water partition coefficient (Wildman–Crippen LogP) is 2.59. The summed E-state index contributed by atoms with van der Waals surface area (Å²) in [6.45, 7) is 2.01. The number of fused-ring (bicyclic) bond motifs is 1. The Bertz CT molecular complexity index is 555. The fourth-order valence-electron chi connectivity index (χ4n) is 2.05. The van der Waals surface area contributed by atoms with Gasteiger partial charge in [0, 0.05) is 10.6 Å². The molecule has 0 fully saturated rings. The van der Waals surface area contributed by atoms with Crippen molar-refractivity contribution in [1.82, 2.24) is 15.5 Å². The molecular formula is C13H15N3OS. The molecule has 0 saturated carbocycles. The minimum Gasteiger partial charge on any atom is -0.423 e. The second-order valence-corrected chi connectivity index (χ2v) is 5.45. The standard InChI is InChI=1S/C13H15N3OS/c1-8(14-2)12-15-16-13(17-12)10-7-18-11-6-4-3-5-9(10)11/h3-6,8,10,14H,7H2,1-2H3. The molecule has 4 nitrogen and oxygen atoms in total. The molecular weight excluding hydrogens is 246 g/mol. The second kappa shape index (κ2) is 4.74. The summed E-state index contributed by atoms with van der Waals surface area (Å²) in [5, 5.41) is 11.4. The van der Waals surface area contributed by atoms with Crippen LogP contribution in [0.5, 0.6) is 0 Å². The van der Waals surface area contributed by atoms with E-state index < -0.39 is 0 Å². The van der Waals surface area contributed by atoms with Crippen molar-refractivity contribution >= 4 is 11.8 Å². The monoisotopic (exact) mass is 261 g/mol. The van der Waals surface area contributed by atoms with Gasteiger partial charge in [-0.1, -0.05) is 18.2 Å². The van der Waals surface area contributed by atoms with Crippen molar-refractivity contribution in [1.29, 1.82) is 0 Å². The van der Waals surface area contributed by atoms with Gasteiger partial charge in [0.25, 0.3) is 0 Å². The number of nitrogens with one attached hydrogen (secondary N) is 1. The Balaban J connectivity index is 1.91. The highest BCUT2D eigenvalue weighted by Crippen LogP contribution is 2.42. The lowest BCUT2D eigenvalue weighted by Gasteiger charge is -2.06. The Hall–Kier alpha value is -1.33. The number of rotatable bonds is 3. The van der Waals surface area contributed by atoms with E-state index in [0.717, 1.165) is 11.6 Å². The second-order valence-electron chi connectivity index (χ2n) is 4.39. The van der Waals surface area contributed by atoms with Crippen LogP contribution in [0.25, 0.3) is 0 Å². The molecule has 0 aliphatic carbocycles. The molecule has 2 heterocycles. The first-order valence-corrected chi connectivity index (χ1v) is 7.00. The molecule has 0 spiro atoms. The van der Waals surface area contributed by atoms with Crippen LogP contribution in [0.4, 0.5) is 0 Å². The first-order chi connectivity index (χ1) is 8.79. The summed E-state index contributed by atoms with van der Waals surface area (Å²) < 4.78 is 5.78. The van der Waals surface area contributed by atoms with E-state index in [1.54, 1.807) is 0 Å². The van der Waals surface area contributed by atoms with Gasteiger partial charge in [-0.15, -0.1) is 22.0 Å². The van der Waals surface area contributed by atoms with E-state index in [1.165, 1.54) is 10.5 Å². The zero-order valence-corrected chi connectivity index (χ0v) is 11.2. The van der Waals surface area contributed by atoms with Gasteiger partial charge in [-0.2, -0.15) is 0 Å². The van der Waals surface area contributed by atoms with Crippen LogP contribution in [0.1, 0.15) is 36.2 Å². The van der Waals surface area contributed by atoms with Gasteiger partial charge >= 0.3 is 0 Å². The Morgan fingerprint density at radius 1 is 1.39 bits per heavy atom. The summed E-state index contributed by atoms with van der Waals surface area (Å²) in [6.07, 6.45) is 0. The van der Waals surface area contributed by atoms with Gasteiger partial charge in [-0.25, -0.2) is 0 Å². The topological polar surface area (TPSA) is 51.0 Å². The third kappa shape index (κ3) is 1.93. The third-order valence-corrected chi connectivity index (χ3v) is 4.44. The lowest BCUT2D eigenvalue weighted by molar-refractivity contribution is 0.399. The zero-order valence-electron chi connectivity index (χ0n) is 10.4. The van der Waals surface area contributed by atoms with Gasteiger partial charge < -0.3 is 9.73 Å². The van der Waals surface area contributed by atoms with Crippen LogP contribution in [0, 0.1) is 0 Å². The van der Waals surface area contributed by atoms with Gasteiger partial charge in [0.2, 0.25) is 11.8 Å². The van der Waals surface area contributed by atoms with Crippen molar-refractivity contribution in [3.05, 3.63) is 41.6 Å². The molecule has 2 unspecified atom stereocenters. The molecule has 0 bridgehead atoms. The summed E-state index contributed by atoms with van der Waals surface area (Å²) in [6, 6.07) is 8.51. The summed E-state index contributed by atoms with van der Waals surface area (Å²) in [4.78, 5) is 1.32. The van der Waals surface area contributed by atoms with E-state index in [9.17, 15) is 0 Å². The van der Waals surface area contributed by atoms with Crippen LogP contribution in [-0.4, -0.2) is 23.0 Å². The Morgan fingerprint density at radius 2 is 2.22 bits per heavy atom. The molecule has 0 saturated heterocycles. The number of thioether (sulfide) groups is 1. The molecule has 1 aromatic heterocycles. The van der Waals surface area contributed by atoms with Crippen LogP contribution >= 0.6 is 11.8 Å². The van der Waals surface area contributed by atoms with E-state index >= 15 is 0 Å². The summed E-state index contributed by atoms with van der Waals surface area (Å²) >= 11 is 1.85. The zero-order chi connectivity index (χ0) is 12.5. The van der Waals surface area contributed by atoms with Crippen LogP contribution in [0.3, 0.4) is 0 Å². The van der Waals surface area contributed by atoms with Crippen LogP contribution < -0.4 is 5.32 Å². The number of benzene rings is 1. The molecule has 18 heavy (non-hydrogen) atoms. The molecule has 1 aromatic carbocycles. The minimum absolute atomic E-state index is 0.0931. The Kier molecular flexibility index (Phi) is 3.09. The van der Waals surface area contributed by atoms with Gasteiger partial charge in [0.1, 0.15) is 0 Å². The minimum atomic E-state index is 0.0931. The molecule has 2 aromatic rings. The number of hydrogen-bond donors (Lipinski definition) is 1. The highest BCUT2D eigenvalue weighted by atomic mass is 32.2. The van der Waals surface area contributed by atoms with Gasteiger partial charge in [-0.3, -0.25) is 0 Å². The number of hydrogen-bond acceptors (Lipinski definition) is 5. The fourth-order valence-corrected chi connectivity index (χ4v) is 3.27. The smallest absolute Gasteiger partial charge is 0.233 e. The maximum atomic E-state index is 5.78. The van der Waals surface area contributed by atoms with Crippen molar-refractivity contribution in [3.8, 4) is 0 Å². The maximum absolute atomic E-state index is 5.78.